The van der Waals surface area contributed by atoms with Gasteiger partial charge in [-0.05, 0) is 31.4 Å². The topological polar surface area (TPSA) is 70.2 Å². The maximum atomic E-state index is 12.7. The van der Waals surface area contributed by atoms with Crippen molar-refractivity contribution in [2.75, 3.05) is 18.1 Å². The van der Waals surface area contributed by atoms with Gasteiger partial charge in [0.15, 0.2) is 9.84 Å². The van der Waals surface area contributed by atoms with E-state index in [0.717, 1.165) is 22.0 Å². The number of fused-ring (bicyclic) bond motifs is 1. The van der Waals surface area contributed by atoms with Crippen LogP contribution in [0.2, 0.25) is 0 Å². The normalized spacial score (nSPS) is 20.0. The van der Waals surface area contributed by atoms with Gasteiger partial charge in [0, 0.05) is 29.7 Å². The number of carbonyl (C=O) groups excluding carboxylic acids is 1. The summed E-state index contributed by atoms with van der Waals surface area (Å²) in [5.41, 5.74) is 3.17. The Hall–Kier alpha value is -1.82. The van der Waals surface area contributed by atoms with E-state index in [4.69, 9.17) is 0 Å². The van der Waals surface area contributed by atoms with Gasteiger partial charge in [-0.15, -0.1) is 0 Å². The molecule has 0 aliphatic carbocycles. The van der Waals surface area contributed by atoms with Crippen molar-refractivity contribution in [1.29, 1.82) is 0 Å². The predicted molar refractivity (Wildman–Crippen MR) is 91.2 cm³/mol. The van der Waals surface area contributed by atoms with Gasteiger partial charge >= 0.3 is 0 Å². The minimum Gasteiger partial charge on any atom is -0.361 e. The Bertz CT molecular complexity index is 839. The lowest BCUT2D eigenvalue weighted by Gasteiger charge is -2.26. The minimum atomic E-state index is -2.99. The van der Waals surface area contributed by atoms with Gasteiger partial charge in [0.2, 0.25) is 5.91 Å². The Morgan fingerprint density at radius 2 is 2.17 bits per heavy atom. The summed E-state index contributed by atoms with van der Waals surface area (Å²) in [7, 11) is -2.99. The van der Waals surface area contributed by atoms with Gasteiger partial charge in [-0.3, -0.25) is 4.79 Å². The average molecular weight is 334 g/mol. The number of nitrogens with one attached hydrogen (secondary N) is 1. The van der Waals surface area contributed by atoms with Crippen LogP contribution in [0.3, 0.4) is 0 Å². The number of rotatable bonds is 4. The van der Waals surface area contributed by atoms with E-state index < -0.39 is 9.84 Å². The molecule has 23 heavy (non-hydrogen) atoms. The number of aromatic amines is 1. The van der Waals surface area contributed by atoms with Crippen LogP contribution in [0.25, 0.3) is 10.9 Å². The van der Waals surface area contributed by atoms with E-state index in [-0.39, 0.29) is 23.5 Å². The second-order valence-corrected chi connectivity index (χ2v) is 8.45. The number of nitrogens with zero attached hydrogens (tertiary/aromatic N) is 1. The van der Waals surface area contributed by atoms with Crippen molar-refractivity contribution >= 4 is 26.6 Å². The molecular weight excluding hydrogens is 312 g/mol. The summed E-state index contributed by atoms with van der Waals surface area (Å²) < 4.78 is 23.3. The Morgan fingerprint density at radius 3 is 2.83 bits per heavy atom. The first kappa shape index (κ1) is 16.1. The number of carbonyl (C=O) groups is 1. The van der Waals surface area contributed by atoms with Crippen LogP contribution in [0.15, 0.2) is 24.4 Å². The van der Waals surface area contributed by atoms with Crippen molar-refractivity contribution in [3.63, 3.8) is 0 Å². The van der Waals surface area contributed by atoms with Crippen LogP contribution in [-0.2, 0) is 21.1 Å². The van der Waals surface area contributed by atoms with E-state index in [0.29, 0.717) is 19.4 Å². The molecule has 0 bridgehead atoms. The Labute approximate surface area is 136 Å². The van der Waals surface area contributed by atoms with Crippen molar-refractivity contribution < 1.29 is 13.2 Å². The lowest BCUT2D eigenvalue weighted by molar-refractivity contribution is -0.132. The first-order valence-electron chi connectivity index (χ1n) is 7.96. The molecule has 1 aromatic carbocycles. The molecule has 6 heteroatoms. The fraction of sp³-hybridized carbons (Fsp3) is 0.471. The molecule has 0 saturated carbocycles. The van der Waals surface area contributed by atoms with E-state index in [2.05, 4.69) is 4.98 Å². The highest BCUT2D eigenvalue weighted by molar-refractivity contribution is 7.91. The van der Waals surface area contributed by atoms with Gasteiger partial charge < -0.3 is 9.88 Å². The number of amides is 1. The molecule has 124 valence electrons. The molecule has 5 nitrogen and oxygen atoms in total. The molecule has 1 amide bonds. The number of sulfone groups is 1. The number of aryl methyl sites for hydroxylation is 1. The highest BCUT2D eigenvalue weighted by atomic mass is 32.2. The van der Waals surface area contributed by atoms with Crippen molar-refractivity contribution in [2.45, 2.75) is 32.7 Å². The molecule has 2 heterocycles. The minimum absolute atomic E-state index is 0.00277. The Balaban J connectivity index is 1.80. The van der Waals surface area contributed by atoms with E-state index >= 15 is 0 Å². The van der Waals surface area contributed by atoms with E-state index in [1.807, 2.05) is 38.2 Å². The van der Waals surface area contributed by atoms with Crippen molar-refractivity contribution in [1.82, 2.24) is 9.88 Å². The lowest BCUT2D eigenvalue weighted by atomic mass is 10.1. The van der Waals surface area contributed by atoms with Gasteiger partial charge in [0.1, 0.15) is 0 Å². The zero-order valence-electron chi connectivity index (χ0n) is 13.5. The number of para-hydroxylation sites is 1. The fourth-order valence-corrected chi connectivity index (χ4v) is 5.16. The molecule has 1 aliphatic rings. The largest absolute Gasteiger partial charge is 0.361 e. The average Bonchev–Trinajstić information content (AvgIpc) is 3.05. The molecule has 1 aromatic heterocycles. The Kier molecular flexibility index (Phi) is 4.19. The first-order valence-corrected chi connectivity index (χ1v) is 9.79. The molecule has 0 radical (unpaired) electrons. The number of hydrogen-bond acceptors (Lipinski definition) is 3. The molecule has 2 aromatic rings. The summed E-state index contributed by atoms with van der Waals surface area (Å²) in [6, 6.07) is 5.86. The molecule has 1 unspecified atom stereocenters. The highest BCUT2D eigenvalue weighted by Gasteiger charge is 2.33. The molecule has 1 saturated heterocycles. The van der Waals surface area contributed by atoms with E-state index in [1.54, 1.807) is 4.90 Å². The van der Waals surface area contributed by atoms with Gasteiger partial charge in [0.05, 0.1) is 17.9 Å². The third-order valence-electron chi connectivity index (χ3n) is 4.66. The summed E-state index contributed by atoms with van der Waals surface area (Å²) in [5.74, 6) is 0.282. The second kappa shape index (κ2) is 6.00. The zero-order chi connectivity index (χ0) is 16.6. The fourth-order valence-electron chi connectivity index (χ4n) is 3.43. The second-order valence-electron chi connectivity index (χ2n) is 6.22. The number of hydrogen-bond donors (Lipinski definition) is 1. The van der Waals surface area contributed by atoms with Gasteiger partial charge in [-0.25, -0.2) is 8.42 Å². The number of aromatic nitrogens is 1. The first-order chi connectivity index (χ1) is 10.9. The SMILES string of the molecule is CCN(C(=O)Cc1c[nH]c2c(C)cccc12)C1CCS(=O)(=O)C1. The van der Waals surface area contributed by atoms with Crippen molar-refractivity contribution in [3.05, 3.63) is 35.5 Å². The molecular formula is C17H22N2O3S. The smallest absolute Gasteiger partial charge is 0.227 e. The van der Waals surface area contributed by atoms with Crippen LogP contribution in [0.1, 0.15) is 24.5 Å². The van der Waals surface area contributed by atoms with Crippen molar-refractivity contribution in [2.24, 2.45) is 0 Å². The monoisotopic (exact) mass is 334 g/mol. The van der Waals surface area contributed by atoms with Crippen LogP contribution in [0, 0.1) is 6.92 Å². The maximum Gasteiger partial charge on any atom is 0.227 e. The summed E-state index contributed by atoms with van der Waals surface area (Å²) >= 11 is 0. The number of H-pyrrole nitrogens is 1. The van der Waals surface area contributed by atoms with Gasteiger partial charge in [-0.2, -0.15) is 0 Å². The van der Waals surface area contributed by atoms with Gasteiger partial charge in [-0.1, -0.05) is 18.2 Å². The number of benzene rings is 1. The summed E-state index contributed by atoms with van der Waals surface area (Å²) in [5, 5.41) is 1.06. The number of likely N-dealkylation sites (N-methyl/N-ethyl adjacent to an activating group) is 1. The molecule has 1 atom stereocenters. The third-order valence-corrected chi connectivity index (χ3v) is 6.41. The van der Waals surface area contributed by atoms with Crippen LogP contribution in [0.4, 0.5) is 0 Å². The third kappa shape index (κ3) is 3.13. The van der Waals surface area contributed by atoms with E-state index in [9.17, 15) is 13.2 Å². The molecule has 3 rings (SSSR count). The summed E-state index contributed by atoms with van der Waals surface area (Å²) in [4.78, 5) is 17.6. The lowest BCUT2D eigenvalue weighted by Crippen LogP contribution is -2.41. The van der Waals surface area contributed by atoms with Crippen LogP contribution < -0.4 is 0 Å². The van der Waals surface area contributed by atoms with Crippen LogP contribution >= 0.6 is 0 Å². The summed E-state index contributed by atoms with van der Waals surface area (Å²) in [6.45, 7) is 4.48. The highest BCUT2D eigenvalue weighted by Crippen LogP contribution is 2.23. The maximum absolute atomic E-state index is 12.7. The van der Waals surface area contributed by atoms with Gasteiger partial charge in [0.25, 0.3) is 0 Å². The molecule has 1 aliphatic heterocycles. The van der Waals surface area contributed by atoms with Crippen molar-refractivity contribution in [3.8, 4) is 0 Å². The van der Waals surface area contributed by atoms with Crippen LogP contribution in [-0.4, -0.2) is 48.3 Å². The summed E-state index contributed by atoms with van der Waals surface area (Å²) in [6.07, 6.45) is 2.73. The Morgan fingerprint density at radius 1 is 1.39 bits per heavy atom. The van der Waals surface area contributed by atoms with E-state index in [1.165, 1.54) is 0 Å². The zero-order valence-corrected chi connectivity index (χ0v) is 14.3. The predicted octanol–water partition coefficient (Wildman–Crippen LogP) is 2.05. The van der Waals surface area contributed by atoms with Crippen LogP contribution in [0.5, 0.6) is 0 Å². The standard InChI is InChI=1S/C17H22N2O3S/c1-3-19(14-7-8-23(21,22)11-14)16(20)9-13-10-18-17-12(2)5-4-6-15(13)17/h4-6,10,14,18H,3,7-9,11H2,1-2H3. The quantitative estimate of drug-likeness (QED) is 0.930. The molecule has 1 fully saturated rings. The molecule has 1 N–H and O–H groups in total. The molecule has 0 spiro atoms.